The van der Waals surface area contributed by atoms with E-state index < -0.39 is 26.6 Å². The Bertz CT molecular complexity index is 965. The van der Waals surface area contributed by atoms with Crippen molar-refractivity contribution in [1.29, 1.82) is 0 Å². The van der Waals surface area contributed by atoms with Gasteiger partial charge in [0, 0.05) is 19.7 Å². The first-order chi connectivity index (χ1) is 13.4. The van der Waals surface area contributed by atoms with Crippen LogP contribution in [-0.4, -0.2) is 45.9 Å². The Hall–Kier alpha value is -2.45. The Morgan fingerprint density at radius 3 is 2.28 bits per heavy atom. The second-order valence-electron chi connectivity index (χ2n) is 7.81. The zero-order valence-corrected chi connectivity index (χ0v) is 18.1. The normalized spacial score (nSPS) is 12.1. The number of benzene rings is 2. The van der Waals surface area contributed by atoms with Gasteiger partial charge >= 0.3 is 0 Å². The number of nitrogens with one attached hydrogen (secondary N) is 1. The molecule has 1 N–H and O–H groups in total. The highest BCUT2D eigenvalue weighted by atomic mass is 32.2. The average molecular weight is 423 g/mol. The summed E-state index contributed by atoms with van der Waals surface area (Å²) < 4.78 is 44.8. The minimum Gasteiger partial charge on any atom is -0.492 e. The summed E-state index contributed by atoms with van der Waals surface area (Å²) in [6.07, 6.45) is 0. The molecule has 1 amide bonds. The minimum absolute atomic E-state index is 0.0561. The van der Waals surface area contributed by atoms with E-state index in [1.807, 2.05) is 24.3 Å². The Morgan fingerprint density at radius 2 is 1.72 bits per heavy atom. The molecule has 8 heteroatoms. The van der Waals surface area contributed by atoms with Gasteiger partial charge in [-0.3, -0.25) is 4.79 Å². The fourth-order valence-corrected chi connectivity index (χ4v) is 3.51. The van der Waals surface area contributed by atoms with Gasteiger partial charge in [-0.2, -0.15) is 0 Å². The molecule has 2 aromatic carbocycles. The number of nitrogens with zero attached hydrogens (tertiary/aromatic N) is 1. The van der Waals surface area contributed by atoms with Crippen molar-refractivity contribution in [2.45, 2.75) is 31.1 Å². The summed E-state index contributed by atoms with van der Waals surface area (Å²) in [6.45, 7) is 6.84. The highest BCUT2D eigenvalue weighted by Gasteiger charge is 2.23. The van der Waals surface area contributed by atoms with Crippen LogP contribution in [0.2, 0.25) is 0 Å². The molecule has 2 aromatic rings. The first kappa shape index (κ1) is 22.8. The number of halogens is 1. The zero-order valence-electron chi connectivity index (χ0n) is 17.3. The molecule has 0 aliphatic rings. The first-order valence-corrected chi connectivity index (χ1v) is 10.6. The number of carbonyl (C=O) groups excluding carboxylic acids is 1. The summed E-state index contributed by atoms with van der Waals surface area (Å²) in [5.74, 6) is -0.724. The van der Waals surface area contributed by atoms with Crippen LogP contribution in [0.4, 0.5) is 4.39 Å². The van der Waals surface area contributed by atoms with Gasteiger partial charge in [0.25, 0.3) is 5.91 Å². The van der Waals surface area contributed by atoms with Crippen molar-refractivity contribution < 1.29 is 22.3 Å². The second-order valence-corrected chi connectivity index (χ2v) is 9.93. The van der Waals surface area contributed by atoms with Crippen molar-refractivity contribution in [2.24, 2.45) is 0 Å². The predicted molar refractivity (Wildman–Crippen MR) is 110 cm³/mol. The lowest BCUT2D eigenvalue weighted by Gasteiger charge is -2.19. The van der Waals surface area contributed by atoms with E-state index in [4.69, 9.17) is 4.74 Å². The number of amides is 1. The number of rotatable bonds is 7. The molecule has 2 rings (SSSR count). The molecule has 0 radical (unpaired) electrons. The molecule has 0 aliphatic heterocycles. The summed E-state index contributed by atoms with van der Waals surface area (Å²) >= 11 is 0. The van der Waals surface area contributed by atoms with Crippen molar-refractivity contribution >= 4 is 15.9 Å². The van der Waals surface area contributed by atoms with Gasteiger partial charge < -0.3 is 10.1 Å². The van der Waals surface area contributed by atoms with Crippen LogP contribution in [0.5, 0.6) is 5.75 Å². The van der Waals surface area contributed by atoms with Crippen LogP contribution >= 0.6 is 0 Å². The quantitative estimate of drug-likeness (QED) is 0.696. The van der Waals surface area contributed by atoms with Gasteiger partial charge in [-0.15, -0.1) is 0 Å². The Labute approximate surface area is 171 Å². The Morgan fingerprint density at radius 1 is 1.10 bits per heavy atom. The van der Waals surface area contributed by atoms with E-state index in [0.29, 0.717) is 5.75 Å². The predicted octanol–water partition coefficient (Wildman–Crippen LogP) is 3.18. The Kier molecular flexibility index (Phi) is 7.02. The molecule has 0 saturated heterocycles. The molecule has 0 spiro atoms. The summed E-state index contributed by atoms with van der Waals surface area (Å²) in [6, 6.07) is 11.0. The summed E-state index contributed by atoms with van der Waals surface area (Å²) in [5.41, 5.74) is 1.31. The molecule has 0 heterocycles. The fraction of sp³-hybridized carbons (Fsp3) is 0.381. The van der Waals surface area contributed by atoms with Crippen LogP contribution in [0, 0.1) is 5.82 Å². The van der Waals surface area contributed by atoms with Crippen LogP contribution in [0.15, 0.2) is 47.4 Å². The highest BCUT2D eigenvalue weighted by Crippen LogP contribution is 2.24. The highest BCUT2D eigenvalue weighted by molar-refractivity contribution is 7.89. The number of sulfonamides is 1. The maximum atomic E-state index is 13.9. The number of hydrogen-bond acceptors (Lipinski definition) is 4. The Balaban J connectivity index is 1.95. The lowest BCUT2D eigenvalue weighted by Crippen LogP contribution is -2.29. The van der Waals surface area contributed by atoms with E-state index in [2.05, 4.69) is 26.1 Å². The van der Waals surface area contributed by atoms with Crippen molar-refractivity contribution in [3.8, 4) is 5.75 Å². The fourth-order valence-electron chi connectivity index (χ4n) is 2.53. The molecule has 0 atom stereocenters. The molecule has 0 bridgehead atoms. The van der Waals surface area contributed by atoms with Gasteiger partial charge in [0.2, 0.25) is 10.0 Å². The van der Waals surface area contributed by atoms with Gasteiger partial charge in [0.1, 0.15) is 23.1 Å². The van der Waals surface area contributed by atoms with Crippen molar-refractivity contribution in [2.75, 3.05) is 27.2 Å². The average Bonchev–Trinajstić information content (AvgIpc) is 2.64. The largest absolute Gasteiger partial charge is 0.492 e. The molecule has 6 nitrogen and oxygen atoms in total. The van der Waals surface area contributed by atoms with Crippen LogP contribution in [0.1, 0.15) is 36.7 Å². The molecule has 0 aliphatic carbocycles. The van der Waals surface area contributed by atoms with Crippen LogP contribution < -0.4 is 10.1 Å². The maximum absolute atomic E-state index is 13.9. The monoisotopic (exact) mass is 422 g/mol. The zero-order chi connectivity index (χ0) is 21.8. The maximum Gasteiger partial charge on any atom is 0.251 e. The second kappa shape index (κ2) is 8.92. The summed E-state index contributed by atoms with van der Waals surface area (Å²) in [4.78, 5) is 11.7. The van der Waals surface area contributed by atoms with Gasteiger partial charge in [0.15, 0.2) is 0 Å². The molecule has 29 heavy (non-hydrogen) atoms. The van der Waals surface area contributed by atoms with E-state index in [1.54, 1.807) is 0 Å². The van der Waals surface area contributed by atoms with Gasteiger partial charge in [-0.25, -0.2) is 17.1 Å². The van der Waals surface area contributed by atoms with Crippen molar-refractivity contribution in [3.63, 3.8) is 0 Å². The number of hydrogen-bond donors (Lipinski definition) is 1. The SMILES string of the molecule is CN(C)S(=O)(=O)c1cc(C(=O)NCCOc2ccc(C(C)(C)C)cc2)ccc1F. The van der Waals surface area contributed by atoms with Crippen LogP contribution in [-0.2, 0) is 15.4 Å². The van der Waals surface area contributed by atoms with Gasteiger partial charge in [-0.1, -0.05) is 32.9 Å². The molecule has 0 saturated carbocycles. The molecular formula is C21H27FN2O4S. The topological polar surface area (TPSA) is 75.7 Å². The molecular weight excluding hydrogens is 395 g/mol. The third-order valence-electron chi connectivity index (χ3n) is 4.33. The summed E-state index contributed by atoms with van der Waals surface area (Å²) in [7, 11) is -1.39. The van der Waals surface area contributed by atoms with Crippen LogP contribution in [0.3, 0.4) is 0 Å². The van der Waals surface area contributed by atoms with Crippen LogP contribution in [0.25, 0.3) is 0 Å². The third kappa shape index (κ3) is 5.77. The molecule has 0 fully saturated rings. The first-order valence-electron chi connectivity index (χ1n) is 9.16. The number of carbonyl (C=O) groups is 1. The molecule has 0 aromatic heterocycles. The van der Waals surface area contributed by atoms with Crippen molar-refractivity contribution in [3.05, 3.63) is 59.4 Å². The lowest BCUT2D eigenvalue weighted by atomic mass is 9.87. The minimum atomic E-state index is -3.99. The standard InChI is InChI=1S/C21H27FN2O4S/c1-21(2,3)16-7-9-17(10-8-16)28-13-12-23-20(25)15-6-11-18(22)19(14-15)29(26,27)24(4)5/h6-11,14H,12-13H2,1-5H3,(H,23,25). The van der Waals surface area contributed by atoms with E-state index >= 15 is 0 Å². The van der Waals surface area contributed by atoms with E-state index in [-0.39, 0.29) is 24.1 Å². The van der Waals surface area contributed by atoms with E-state index in [0.717, 1.165) is 16.4 Å². The van der Waals surface area contributed by atoms with E-state index in [9.17, 15) is 17.6 Å². The van der Waals surface area contributed by atoms with Gasteiger partial charge in [-0.05, 0) is 41.3 Å². The third-order valence-corrected chi connectivity index (χ3v) is 6.16. The molecule has 0 unspecified atom stereocenters. The van der Waals surface area contributed by atoms with Gasteiger partial charge in [0.05, 0.1) is 6.54 Å². The lowest BCUT2D eigenvalue weighted by molar-refractivity contribution is 0.0946. The smallest absolute Gasteiger partial charge is 0.251 e. The van der Waals surface area contributed by atoms with Crippen molar-refractivity contribution in [1.82, 2.24) is 9.62 Å². The van der Waals surface area contributed by atoms with E-state index in [1.165, 1.54) is 25.7 Å². The molecule has 158 valence electrons. The summed E-state index contributed by atoms with van der Waals surface area (Å²) in [5, 5.41) is 2.64. The number of ether oxygens (including phenoxy) is 1.